The Bertz CT molecular complexity index is 1040. The monoisotopic (exact) mass is 446 g/mol. The highest BCUT2D eigenvalue weighted by molar-refractivity contribution is 7.10. The number of nitrogens with zero attached hydrogens (tertiary/aromatic N) is 2. The third-order valence-electron chi connectivity index (χ3n) is 6.78. The summed E-state index contributed by atoms with van der Waals surface area (Å²) in [4.78, 5) is 19.5. The van der Waals surface area contributed by atoms with Gasteiger partial charge in [-0.05, 0) is 73.9 Å². The van der Waals surface area contributed by atoms with Crippen LogP contribution in [-0.2, 0) is 6.54 Å². The highest BCUT2D eigenvalue weighted by Crippen LogP contribution is 2.36. The number of hydrogen-bond acceptors (Lipinski definition) is 3. The molecule has 1 amide bonds. The molecule has 4 heteroatoms. The molecule has 0 bridgehead atoms. The second kappa shape index (κ2) is 10.0. The number of benzene rings is 2. The van der Waals surface area contributed by atoms with Gasteiger partial charge in [0.15, 0.2) is 0 Å². The molecule has 4 rings (SSSR count). The van der Waals surface area contributed by atoms with E-state index in [-0.39, 0.29) is 11.9 Å². The average Bonchev–Trinajstić information content (AvgIpc) is 3.38. The Hall–Kier alpha value is -2.43. The molecule has 1 aliphatic heterocycles. The average molecular weight is 447 g/mol. The van der Waals surface area contributed by atoms with E-state index in [1.165, 1.54) is 21.6 Å². The van der Waals surface area contributed by atoms with Crippen LogP contribution in [0.3, 0.4) is 0 Å². The molecule has 1 saturated heterocycles. The molecule has 1 aliphatic rings. The Morgan fingerprint density at radius 2 is 1.72 bits per heavy atom. The molecular formula is C28H34N2OS. The van der Waals surface area contributed by atoms with Crippen LogP contribution in [0.5, 0.6) is 0 Å². The molecule has 2 atom stereocenters. The number of amides is 1. The topological polar surface area (TPSA) is 23.6 Å². The normalized spacial score (nSPS) is 18.9. The van der Waals surface area contributed by atoms with Crippen LogP contribution in [-0.4, -0.2) is 41.4 Å². The van der Waals surface area contributed by atoms with Crippen molar-refractivity contribution in [1.29, 1.82) is 0 Å². The first-order valence-electron chi connectivity index (χ1n) is 11.6. The fraction of sp³-hybridized carbons (Fsp3) is 0.393. The molecule has 3 nitrogen and oxygen atoms in total. The lowest BCUT2D eigenvalue weighted by atomic mass is 9.86. The number of likely N-dealkylation sites (tertiary alicyclic amines) is 1. The Labute approximate surface area is 196 Å². The van der Waals surface area contributed by atoms with E-state index in [1.807, 2.05) is 41.7 Å². The van der Waals surface area contributed by atoms with Crippen molar-refractivity contribution < 1.29 is 4.79 Å². The molecule has 0 spiro atoms. The molecule has 3 aromatic rings. The van der Waals surface area contributed by atoms with Crippen LogP contribution in [0.4, 0.5) is 0 Å². The van der Waals surface area contributed by atoms with Gasteiger partial charge in [0.25, 0.3) is 5.91 Å². The van der Waals surface area contributed by atoms with Crippen LogP contribution < -0.4 is 0 Å². The van der Waals surface area contributed by atoms with E-state index in [4.69, 9.17) is 0 Å². The number of carbonyl (C=O) groups is 1. The first-order valence-corrected chi connectivity index (χ1v) is 12.5. The largest absolute Gasteiger partial charge is 0.336 e. The maximum absolute atomic E-state index is 13.4. The van der Waals surface area contributed by atoms with Crippen LogP contribution in [0.25, 0.3) is 0 Å². The Morgan fingerprint density at radius 1 is 1.00 bits per heavy atom. The van der Waals surface area contributed by atoms with Gasteiger partial charge in [0.1, 0.15) is 0 Å². The first kappa shape index (κ1) is 22.8. The van der Waals surface area contributed by atoms with E-state index < -0.39 is 0 Å². The number of thiophene rings is 1. The molecule has 2 aromatic carbocycles. The Morgan fingerprint density at radius 3 is 2.38 bits per heavy atom. The summed E-state index contributed by atoms with van der Waals surface area (Å²) in [6.45, 7) is 12.5. The fourth-order valence-electron chi connectivity index (χ4n) is 4.93. The minimum absolute atomic E-state index is 0.136. The lowest BCUT2D eigenvalue weighted by Gasteiger charge is -2.32. The van der Waals surface area contributed by atoms with Gasteiger partial charge in [0.2, 0.25) is 0 Å². The van der Waals surface area contributed by atoms with Gasteiger partial charge >= 0.3 is 0 Å². The zero-order valence-electron chi connectivity index (χ0n) is 19.6. The predicted molar refractivity (Wildman–Crippen MR) is 134 cm³/mol. The molecule has 1 aromatic heterocycles. The van der Waals surface area contributed by atoms with E-state index >= 15 is 0 Å². The van der Waals surface area contributed by atoms with E-state index in [0.29, 0.717) is 11.8 Å². The molecule has 0 radical (unpaired) electrons. The van der Waals surface area contributed by atoms with Gasteiger partial charge in [-0.3, -0.25) is 9.69 Å². The van der Waals surface area contributed by atoms with E-state index in [2.05, 4.69) is 73.2 Å². The van der Waals surface area contributed by atoms with Gasteiger partial charge in [-0.25, -0.2) is 0 Å². The zero-order chi connectivity index (χ0) is 22.7. The molecule has 0 aliphatic carbocycles. The molecule has 168 valence electrons. The predicted octanol–water partition coefficient (Wildman–Crippen LogP) is 6.13. The van der Waals surface area contributed by atoms with Crippen molar-refractivity contribution in [3.63, 3.8) is 0 Å². The summed E-state index contributed by atoms with van der Waals surface area (Å²) >= 11 is 1.85. The van der Waals surface area contributed by atoms with Crippen LogP contribution in [0.15, 0.2) is 66.0 Å². The van der Waals surface area contributed by atoms with Crippen molar-refractivity contribution in [2.75, 3.05) is 19.6 Å². The summed E-state index contributed by atoms with van der Waals surface area (Å²) in [6, 6.07) is 20.9. The van der Waals surface area contributed by atoms with E-state index in [1.54, 1.807) is 0 Å². The lowest BCUT2D eigenvalue weighted by molar-refractivity contribution is 0.0668. The van der Waals surface area contributed by atoms with Crippen molar-refractivity contribution in [1.82, 2.24) is 9.80 Å². The summed E-state index contributed by atoms with van der Waals surface area (Å²) in [5.74, 6) is 0.976. The van der Waals surface area contributed by atoms with Gasteiger partial charge in [0, 0.05) is 48.6 Å². The number of carbonyl (C=O) groups excluding carboxylic acids is 1. The summed E-state index contributed by atoms with van der Waals surface area (Å²) in [5.41, 5.74) is 4.94. The minimum Gasteiger partial charge on any atom is -0.336 e. The van der Waals surface area contributed by atoms with Crippen molar-refractivity contribution in [3.05, 3.63) is 93.2 Å². The number of rotatable bonds is 7. The summed E-state index contributed by atoms with van der Waals surface area (Å²) in [7, 11) is 0. The van der Waals surface area contributed by atoms with Crippen LogP contribution in [0, 0.1) is 19.8 Å². The molecule has 32 heavy (non-hydrogen) atoms. The Balaban J connectivity index is 1.59. The molecule has 1 fully saturated rings. The second-order valence-electron chi connectivity index (χ2n) is 9.36. The molecule has 0 N–H and O–H groups in total. The highest BCUT2D eigenvalue weighted by atomic mass is 32.1. The number of aryl methyl sites for hydroxylation is 2. The van der Waals surface area contributed by atoms with Gasteiger partial charge in [-0.1, -0.05) is 42.5 Å². The summed E-state index contributed by atoms with van der Waals surface area (Å²) < 4.78 is 0. The van der Waals surface area contributed by atoms with Gasteiger partial charge in [-0.15, -0.1) is 11.3 Å². The number of hydrogen-bond donors (Lipinski definition) is 0. The SMILES string of the molecule is Cc1ccccc1C1CN(Cc2sccc2C)CC1CN(C(=O)c1ccccc1)C(C)C. The van der Waals surface area contributed by atoms with E-state index in [9.17, 15) is 4.79 Å². The van der Waals surface area contributed by atoms with Gasteiger partial charge in [0.05, 0.1) is 0 Å². The van der Waals surface area contributed by atoms with Crippen molar-refractivity contribution in [2.45, 2.75) is 46.2 Å². The molecule has 0 saturated carbocycles. The smallest absolute Gasteiger partial charge is 0.254 e. The Kier molecular flexibility index (Phi) is 7.12. The standard InChI is InChI=1S/C28H34N2OS/c1-20(2)30(28(31)23-11-6-5-7-12-23)17-24-16-29(19-27-22(4)14-15-32-27)18-26(24)25-13-9-8-10-21(25)3/h5-15,20,24,26H,16-19H2,1-4H3. The van der Waals surface area contributed by atoms with Gasteiger partial charge < -0.3 is 4.90 Å². The summed E-state index contributed by atoms with van der Waals surface area (Å²) in [5, 5.41) is 2.19. The third-order valence-corrected chi connectivity index (χ3v) is 7.78. The fourth-order valence-corrected chi connectivity index (χ4v) is 5.87. The molecule has 2 unspecified atom stereocenters. The lowest BCUT2D eigenvalue weighted by Crippen LogP contribution is -2.42. The van der Waals surface area contributed by atoms with Crippen LogP contribution >= 0.6 is 11.3 Å². The zero-order valence-corrected chi connectivity index (χ0v) is 20.4. The quantitative estimate of drug-likeness (QED) is 0.436. The van der Waals surface area contributed by atoms with Crippen LogP contribution in [0.2, 0.25) is 0 Å². The van der Waals surface area contributed by atoms with Crippen LogP contribution in [0.1, 0.15) is 51.7 Å². The summed E-state index contributed by atoms with van der Waals surface area (Å²) in [6.07, 6.45) is 0. The first-order chi connectivity index (χ1) is 15.4. The third kappa shape index (κ3) is 4.97. The minimum atomic E-state index is 0.136. The maximum Gasteiger partial charge on any atom is 0.254 e. The van der Waals surface area contributed by atoms with Crippen molar-refractivity contribution in [2.24, 2.45) is 5.92 Å². The maximum atomic E-state index is 13.4. The van der Waals surface area contributed by atoms with Crippen molar-refractivity contribution >= 4 is 17.2 Å². The van der Waals surface area contributed by atoms with E-state index in [0.717, 1.165) is 31.7 Å². The molecular weight excluding hydrogens is 412 g/mol. The van der Waals surface area contributed by atoms with Crippen molar-refractivity contribution in [3.8, 4) is 0 Å². The van der Waals surface area contributed by atoms with Gasteiger partial charge in [-0.2, -0.15) is 0 Å². The second-order valence-corrected chi connectivity index (χ2v) is 10.4. The molecule has 2 heterocycles. The highest BCUT2D eigenvalue weighted by Gasteiger charge is 2.37.